The first kappa shape index (κ1) is 6.75. The minimum Gasteiger partial charge on any atom is -0.314 e. The van der Waals surface area contributed by atoms with Crippen molar-refractivity contribution in [2.75, 3.05) is 6.54 Å². The fraction of sp³-hybridized carbons (Fsp3) is 0.857. The minimum absolute atomic E-state index is 0.595. The second-order valence-corrected chi connectivity index (χ2v) is 2.48. The van der Waals surface area contributed by atoms with Crippen molar-refractivity contribution < 1.29 is 4.79 Å². The van der Waals surface area contributed by atoms with Crippen molar-refractivity contribution in [1.82, 2.24) is 5.32 Å². The van der Waals surface area contributed by atoms with Gasteiger partial charge in [-0.25, -0.2) is 0 Å². The summed E-state index contributed by atoms with van der Waals surface area (Å²) in [5.41, 5.74) is 0. The Labute approximate surface area is 55.6 Å². The summed E-state index contributed by atoms with van der Waals surface area (Å²) in [6.45, 7) is 1.13. The van der Waals surface area contributed by atoms with Gasteiger partial charge in [0, 0.05) is 12.5 Å². The van der Waals surface area contributed by atoms with Crippen LogP contribution in [0.15, 0.2) is 0 Å². The molecule has 2 heteroatoms. The zero-order valence-electron chi connectivity index (χ0n) is 5.52. The van der Waals surface area contributed by atoms with E-state index in [1.807, 2.05) is 6.29 Å². The average Bonchev–Trinajstić information content (AvgIpc) is 2.34. The number of carbonyl (C=O) groups excluding carboxylic acids is 1. The van der Waals surface area contributed by atoms with Crippen LogP contribution in [0.5, 0.6) is 0 Å². The first-order valence-electron chi connectivity index (χ1n) is 3.52. The smallest absolute Gasteiger partial charge is 0.198 e. The maximum Gasteiger partial charge on any atom is 0.198 e. The summed E-state index contributed by atoms with van der Waals surface area (Å²) < 4.78 is 0. The molecule has 1 fully saturated rings. The quantitative estimate of drug-likeness (QED) is 0.601. The van der Waals surface area contributed by atoms with Gasteiger partial charge in [0.15, 0.2) is 6.29 Å². The Morgan fingerprint density at radius 1 is 1.67 bits per heavy atom. The summed E-state index contributed by atoms with van der Waals surface area (Å²) in [5.74, 6) is 0. The van der Waals surface area contributed by atoms with Crippen LogP contribution in [0.2, 0.25) is 0 Å². The molecule has 1 atom stereocenters. The molecule has 0 aromatic heterocycles. The van der Waals surface area contributed by atoms with Crippen LogP contribution in [0.25, 0.3) is 0 Å². The zero-order valence-corrected chi connectivity index (χ0v) is 5.52. The molecule has 0 saturated carbocycles. The van der Waals surface area contributed by atoms with Crippen LogP contribution in [0.1, 0.15) is 25.7 Å². The van der Waals surface area contributed by atoms with Crippen LogP contribution in [0.3, 0.4) is 0 Å². The average molecular weight is 126 g/mol. The van der Waals surface area contributed by atoms with E-state index < -0.39 is 0 Å². The molecule has 1 unspecified atom stereocenters. The molecule has 2 nitrogen and oxygen atoms in total. The van der Waals surface area contributed by atoms with Crippen molar-refractivity contribution in [2.24, 2.45) is 0 Å². The summed E-state index contributed by atoms with van der Waals surface area (Å²) in [4.78, 5) is 9.81. The van der Waals surface area contributed by atoms with E-state index in [2.05, 4.69) is 5.32 Å². The van der Waals surface area contributed by atoms with Gasteiger partial charge in [-0.3, -0.25) is 4.79 Å². The molecule has 0 amide bonds. The second kappa shape index (κ2) is 3.62. The van der Waals surface area contributed by atoms with Crippen molar-refractivity contribution in [1.29, 1.82) is 0 Å². The largest absolute Gasteiger partial charge is 0.314 e. The lowest BCUT2D eigenvalue weighted by Crippen LogP contribution is -2.20. The van der Waals surface area contributed by atoms with Gasteiger partial charge in [0.1, 0.15) is 0 Å². The van der Waals surface area contributed by atoms with E-state index >= 15 is 0 Å². The highest BCUT2D eigenvalue weighted by atomic mass is 16.1. The van der Waals surface area contributed by atoms with Gasteiger partial charge in [0.2, 0.25) is 0 Å². The molecule has 0 bridgehead atoms. The molecular weight excluding hydrogens is 114 g/mol. The highest BCUT2D eigenvalue weighted by Gasteiger charge is 2.12. The normalized spacial score (nSPS) is 26.4. The number of hydrogen-bond acceptors (Lipinski definition) is 2. The molecule has 0 aromatic rings. The molecule has 1 aliphatic heterocycles. The third kappa shape index (κ3) is 2.14. The molecule has 1 N–H and O–H groups in total. The predicted octanol–water partition coefficient (Wildman–Crippen LogP) is 0.628. The number of rotatable bonds is 3. The van der Waals surface area contributed by atoms with Crippen molar-refractivity contribution in [3.05, 3.63) is 0 Å². The Balaban J connectivity index is 2.04. The molecule has 51 valence electrons. The fourth-order valence-electron chi connectivity index (χ4n) is 1.24. The highest BCUT2D eigenvalue weighted by Crippen LogP contribution is 2.09. The summed E-state index contributed by atoms with van der Waals surface area (Å²) in [7, 11) is 0. The van der Waals surface area contributed by atoms with Gasteiger partial charge in [-0.1, -0.05) is 0 Å². The lowest BCUT2D eigenvalue weighted by molar-refractivity contribution is 0.525. The molecular formula is C7H12NO. The van der Waals surface area contributed by atoms with Crippen LogP contribution < -0.4 is 5.32 Å². The monoisotopic (exact) mass is 126 g/mol. The topological polar surface area (TPSA) is 29.1 Å². The first-order chi connectivity index (χ1) is 4.43. The molecule has 1 heterocycles. The van der Waals surface area contributed by atoms with E-state index in [1.54, 1.807) is 0 Å². The van der Waals surface area contributed by atoms with E-state index in [0.717, 1.165) is 13.0 Å². The summed E-state index contributed by atoms with van der Waals surface area (Å²) >= 11 is 0. The third-order valence-electron chi connectivity index (χ3n) is 1.76. The number of nitrogens with one attached hydrogen (secondary N) is 1. The predicted molar refractivity (Wildman–Crippen MR) is 36.0 cm³/mol. The van der Waals surface area contributed by atoms with Crippen LogP contribution in [-0.2, 0) is 4.79 Å². The number of hydrogen-bond donors (Lipinski definition) is 1. The summed E-state index contributed by atoms with van der Waals surface area (Å²) in [6.07, 6.45) is 5.98. The lowest BCUT2D eigenvalue weighted by Gasteiger charge is -2.04. The minimum atomic E-state index is 0.595. The molecule has 0 spiro atoms. The maximum atomic E-state index is 9.81. The van der Waals surface area contributed by atoms with Gasteiger partial charge < -0.3 is 5.32 Å². The van der Waals surface area contributed by atoms with Crippen LogP contribution >= 0.6 is 0 Å². The Hall–Kier alpha value is -0.370. The molecule has 1 saturated heterocycles. The van der Waals surface area contributed by atoms with E-state index in [9.17, 15) is 4.79 Å². The van der Waals surface area contributed by atoms with E-state index in [0.29, 0.717) is 12.5 Å². The Kier molecular flexibility index (Phi) is 2.71. The van der Waals surface area contributed by atoms with Crippen LogP contribution in [0, 0.1) is 0 Å². The van der Waals surface area contributed by atoms with Crippen molar-refractivity contribution in [3.8, 4) is 0 Å². The van der Waals surface area contributed by atoms with Crippen LogP contribution in [-0.4, -0.2) is 18.9 Å². The van der Waals surface area contributed by atoms with Crippen molar-refractivity contribution in [3.63, 3.8) is 0 Å². The van der Waals surface area contributed by atoms with Gasteiger partial charge in [-0.05, 0) is 25.8 Å². The SMILES string of the molecule is O=[C]CCC1CCCN1. The first-order valence-corrected chi connectivity index (χ1v) is 3.52. The molecule has 9 heavy (non-hydrogen) atoms. The Morgan fingerprint density at radius 2 is 2.56 bits per heavy atom. The van der Waals surface area contributed by atoms with Gasteiger partial charge in [0.05, 0.1) is 0 Å². The zero-order chi connectivity index (χ0) is 6.53. The van der Waals surface area contributed by atoms with Crippen LogP contribution in [0.4, 0.5) is 0 Å². The van der Waals surface area contributed by atoms with Gasteiger partial charge in [0.25, 0.3) is 0 Å². The Bertz CT molecular complexity index is 86.9. The highest BCUT2D eigenvalue weighted by molar-refractivity contribution is 5.50. The Morgan fingerprint density at radius 3 is 3.11 bits per heavy atom. The van der Waals surface area contributed by atoms with E-state index in [-0.39, 0.29) is 0 Å². The molecule has 1 rings (SSSR count). The summed E-state index contributed by atoms with van der Waals surface area (Å²) in [5, 5.41) is 3.31. The van der Waals surface area contributed by atoms with Gasteiger partial charge >= 0.3 is 0 Å². The standard InChI is InChI=1S/C7H12NO/c9-6-2-4-7-3-1-5-8-7/h7-8H,1-5H2. The van der Waals surface area contributed by atoms with Crippen molar-refractivity contribution >= 4 is 6.29 Å². The third-order valence-corrected chi connectivity index (χ3v) is 1.76. The van der Waals surface area contributed by atoms with Gasteiger partial charge in [-0.15, -0.1) is 0 Å². The second-order valence-electron chi connectivity index (χ2n) is 2.48. The van der Waals surface area contributed by atoms with Crippen molar-refractivity contribution in [2.45, 2.75) is 31.7 Å². The van der Waals surface area contributed by atoms with E-state index in [1.165, 1.54) is 12.8 Å². The molecule has 1 aliphatic rings. The lowest BCUT2D eigenvalue weighted by atomic mass is 10.1. The molecule has 1 radical (unpaired) electrons. The maximum absolute atomic E-state index is 9.81. The molecule has 0 aromatic carbocycles. The summed E-state index contributed by atoms with van der Waals surface area (Å²) in [6, 6.07) is 0.603. The van der Waals surface area contributed by atoms with E-state index in [4.69, 9.17) is 0 Å². The molecule has 0 aliphatic carbocycles. The van der Waals surface area contributed by atoms with Gasteiger partial charge in [-0.2, -0.15) is 0 Å². The fourth-order valence-corrected chi connectivity index (χ4v) is 1.24.